The van der Waals surface area contributed by atoms with Gasteiger partial charge in [-0.2, -0.15) is 0 Å². The van der Waals surface area contributed by atoms with E-state index in [0.29, 0.717) is 12.8 Å². The number of carbonyl (C=O) groups is 1. The van der Waals surface area contributed by atoms with Gasteiger partial charge in [0, 0.05) is 57.4 Å². The zero-order valence-corrected chi connectivity index (χ0v) is 13.4. The van der Waals surface area contributed by atoms with E-state index in [-0.39, 0.29) is 5.91 Å². The quantitative estimate of drug-likeness (QED) is 0.855. The van der Waals surface area contributed by atoms with Gasteiger partial charge in [0.15, 0.2) is 0 Å². The Hall–Kier alpha value is -2.50. The minimum Gasteiger partial charge on any atom is -0.353 e. The summed E-state index contributed by atoms with van der Waals surface area (Å²) in [5, 5.41) is 0. The van der Waals surface area contributed by atoms with Gasteiger partial charge in [-0.15, -0.1) is 0 Å². The van der Waals surface area contributed by atoms with Crippen LogP contribution in [0.25, 0.3) is 0 Å². The Morgan fingerprint density at radius 1 is 1.13 bits per heavy atom. The van der Waals surface area contributed by atoms with Crippen LogP contribution in [-0.2, 0) is 11.2 Å². The molecule has 0 spiro atoms. The SMILES string of the molecule is Cc1ccnc(N2CCN(C(=O)CCc3cnccn3)CC2)c1. The highest BCUT2D eigenvalue weighted by Gasteiger charge is 2.21. The summed E-state index contributed by atoms with van der Waals surface area (Å²) < 4.78 is 0. The maximum atomic E-state index is 12.3. The number of aryl methyl sites for hydroxylation is 2. The topological polar surface area (TPSA) is 62.2 Å². The van der Waals surface area contributed by atoms with Crippen LogP contribution in [0.5, 0.6) is 0 Å². The van der Waals surface area contributed by atoms with Gasteiger partial charge in [-0.05, 0) is 31.0 Å². The molecule has 2 aromatic rings. The van der Waals surface area contributed by atoms with Crippen LogP contribution in [0.3, 0.4) is 0 Å². The largest absolute Gasteiger partial charge is 0.353 e. The number of carbonyl (C=O) groups excluding carboxylic acids is 1. The van der Waals surface area contributed by atoms with Crippen LogP contribution in [0.15, 0.2) is 36.9 Å². The van der Waals surface area contributed by atoms with Gasteiger partial charge in [-0.1, -0.05) is 0 Å². The Bertz CT molecular complexity index is 653. The molecule has 0 aromatic carbocycles. The van der Waals surface area contributed by atoms with Gasteiger partial charge in [0.2, 0.25) is 5.91 Å². The summed E-state index contributed by atoms with van der Waals surface area (Å²) in [7, 11) is 0. The first-order valence-electron chi connectivity index (χ1n) is 7.92. The first-order chi connectivity index (χ1) is 11.2. The third-order valence-electron chi connectivity index (χ3n) is 4.07. The highest BCUT2D eigenvalue weighted by atomic mass is 16.2. The number of anilines is 1. The van der Waals surface area contributed by atoms with E-state index in [2.05, 4.69) is 32.8 Å². The normalized spacial score (nSPS) is 14.8. The average molecular weight is 311 g/mol. The predicted octanol–water partition coefficient (Wildman–Crippen LogP) is 1.46. The van der Waals surface area contributed by atoms with Crippen molar-refractivity contribution in [3.63, 3.8) is 0 Å². The van der Waals surface area contributed by atoms with E-state index in [1.54, 1.807) is 18.6 Å². The Labute approximate surface area is 136 Å². The fourth-order valence-electron chi connectivity index (χ4n) is 2.73. The molecule has 120 valence electrons. The fourth-order valence-corrected chi connectivity index (χ4v) is 2.73. The molecule has 1 amide bonds. The summed E-state index contributed by atoms with van der Waals surface area (Å²) in [6.07, 6.45) is 7.99. The third kappa shape index (κ3) is 4.03. The van der Waals surface area contributed by atoms with Crippen LogP contribution in [-0.4, -0.2) is 51.9 Å². The van der Waals surface area contributed by atoms with E-state index >= 15 is 0 Å². The Morgan fingerprint density at radius 3 is 2.65 bits per heavy atom. The number of nitrogens with zero attached hydrogens (tertiary/aromatic N) is 5. The molecule has 0 bridgehead atoms. The van der Waals surface area contributed by atoms with Gasteiger partial charge < -0.3 is 9.80 Å². The molecular weight excluding hydrogens is 290 g/mol. The highest BCUT2D eigenvalue weighted by molar-refractivity contribution is 5.76. The summed E-state index contributed by atoms with van der Waals surface area (Å²) in [6, 6.07) is 4.08. The van der Waals surface area contributed by atoms with Crippen molar-refractivity contribution >= 4 is 11.7 Å². The van der Waals surface area contributed by atoms with Crippen LogP contribution in [0.1, 0.15) is 17.7 Å². The second-order valence-electron chi connectivity index (χ2n) is 5.76. The van der Waals surface area contributed by atoms with Crippen molar-refractivity contribution in [3.05, 3.63) is 48.2 Å². The maximum Gasteiger partial charge on any atom is 0.223 e. The predicted molar refractivity (Wildman–Crippen MR) is 88.1 cm³/mol. The van der Waals surface area contributed by atoms with Crippen molar-refractivity contribution in [2.45, 2.75) is 19.8 Å². The van der Waals surface area contributed by atoms with Gasteiger partial charge in [0.25, 0.3) is 0 Å². The maximum absolute atomic E-state index is 12.3. The Morgan fingerprint density at radius 2 is 1.96 bits per heavy atom. The van der Waals surface area contributed by atoms with Gasteiger partial charge >= 0.3 is 0 Å². The monoisotopic (exact) mass is 311 g/mol. The molecule has 6 heteroatoms. The first-order valence-corrected chi connectivity index (χ1v) is 7.92. The van der Waals surface area contributed by atoms with Gasteiger partial charge in [0.05, 0.1) is 5.69 Å². The molecule has 23 heavy (non-hydrogen) atoms. The molecule has 0 N–H and O–H groups in total. The number of hydrogen-bond acceptors (Lipinski definition) is 5. The third-order valence-corrected chi connectivity index (χ3v) is 4.07. The minimum atomic E-state index is 0.188. The lowest BCUT2D eigenvalue weighted by Gasteiger charge is -2.35. The van der Waals surface area contributed by atoms with Crippen molar-refractivity contribution in [2.75, 3.05) is 31.1 Å². The number of amides is 1. The second kappa shape index (κ2) is 7.17. The molecule has 3 heterocycles. The van der Waals surface area contributed by atoms with E-state index < -0.39 is 0 Å². The second-order valence-corrected chi connectivity index (χ2v) is 5.76. The van der Waals surface area contributed by atoms with E-state index in [9.17, 15) is 4.79 Å². The van der Waals surface area contributed by atoms with Crippen molar-refractivity contribution in [3.8, 4) is 0 Å². The molecule has 0 atom stereocenters. The zero-order chi connectivity index (χ0) is 16.1. The van der Waals surface area contributed by atoms with Gasteiger partial charge in [0.1, 0.15) is 5.82 Å². The van der Waals surface area contributed by atoms with Crippen molar-refractivity contribution in [1.82, 2.24) is 19.9 Å². The van der Waals surface area contributed by atoms with Gasteiger partial charge in [-0.25, -0.2) is 4.98 Å². The molecule has 1 aliphatic rings. The van der Waals surface area contributed by atoms with Gasteiger partial charge in [-0.3, -0.25) is 14.8 Å². The van der Waals surface area contributed by atoms with Crippen LogP contribution < -0.4 is 4.90 Å². The number of piperazine rings is 1. The molecule has 0 radical (unpaired) electrons. The molecule has 0 unspecified atom stereocenters. The molecule has 3 rings (SSSR count). The molecule has 1 fully saturated rings. The lowest BCUT2D eigenvalue weighted by atomic mass is 10.2. The fraction of sp³-hybridized carbons (Fsp3) is 0.412. The highest BCUT2D eigenvalue weighted by Crippen LogP contribution is 2.15. The number of pyridine rings is 1. The summed E-state index contributed by atoms with van der Waals surface area (Å²) in [6.45, 7) is 5.21. The molecule has 6 nitrogen and oxygen atoms in total. The minimum absolute atomic E-state index is 0.188. The van der Waals surface area contributed by atoms with Crippen LogP contribution in [0.2, 0.25) is 0 Å². The molecule has 0 saturated carbocycles. The average Bonchev–Trinajstić information content (AvgIpc) is 2.61. The molecule has 1 saturated heterocycles. The van der Waals surface area contributed by atoms with E-state index in [1.807, 2.05) is 17.2 Å². The molecule has 2 aromatic heterocycles. The number of aromatic nitrogens is 3. The number of rotatable bonds is 4. The first kappa shape index (κ1) is 15.4. The lowest BCUT2D eigenvalue weighted by molar-refractivity contribution is -0.131. The summed E-state index contributed by atoms with van der Waals surface area (Å²) >= 11 is 0. The Kier molecular flexibility index (Phi) is 4.80. The summed E-state index contributed by atoms with van der Waals surface area (Å²) in [5.41, 5.74) is 2.07. The van der Waals surface area contributed by atoms with Crippen LogP contribution in [0.4, 0.5) is 5.82 Å². The van der Waals surface area contributed by atoms with Crippen molar-refractivity contribution in [1.29, 1.82) is 0 Å². The summed E-state index contributed by atoms with van der Waals surface area (Å²) in [4.78, 5) is 29.1. The van der Waals surface area contributed by atoms with Crippen LogP contribution >= 0.6 is 0 Å². The molecule has 0 aliphatic carbocycles. The van der Waals surface area contributed by atoms with E-state index in [1.165, 1.54) is 5.56 Å². The smallest absolute Gasteiger partial charge is 0.223 e. The summed E-state index contributed by atoms with van der Waals surface area (Å²) in [5.74, 6) is 1.18. The lowest BCUT2D eigenvalue weighted by Crippen LogP contribution is -2.49. The van der Waals surface area contributed by atoms with Crippen LogP contribution in [0, 0.1) is 6.92 Å². The standard InChI is InChI=1S/C17H21N5O/c1-14-4-5-20-16(12-14)21-8-10-22(11-9-21)17(23)3-2-15-13-18-6-7-19-15/h4-7,12-13H,2-3,8-11H2,1H3. The van der Waals surface area contributed by atoms with E-state index in [0.717, 1.165) is 37.7 Å². The number of hydrogen-bond donors (Lipinski definition) is 0. The van der Waals surface area contributed by atoms with Crippen molar-refractivity contribution < 1.29 is 4.79 Å². The van der Waals surface area contributed by atoms with E-state index in [4.69, 9.17) is 0 Å². The van der Waals surface area contributed by atoms with Crippen molar-refractivity contribution in [2.24, 2.45) is 0 Å². The molecule has 1 aliphatic heterocycles. The molecular formula is C17H21N5O. The zero-order valence-electron chi connectivity index (χ0n) is 13.4. The Balaban J connectivity index is 1.49.